The number of nitrogens with one attached hydrogen (secondary N) is 1. The minimum Gasteiger partial charge on any atom is -0.495 e. The number of hydrogen-bond acceptors (Lipinski definition) is 7. The molecule has 1 aromatic rings. The molecule has 1 aromatic heterocycles. The summed E-state index contributed by atoms with van der Waals surface area (Å²) < 4.78 is 10.0. The number of carbonyl (C=O) groups is 3. The van der Waals surface area contributed by atoms with Crippen LogP contribution in [0.5, 0.6) is 5.75 Å². The monoisotopic (exact) mass is 378 g/mol. The van der Waals surface area contributed by atoms with Crippen molar-refractivity contribution in [1.82, 2.24) is 10.3 Å². The molecule has 1 rings (SSSR count). The van der Waals surface area contributed by atoms with Crippen LogP contribution in [0.3, 0.4) is 0 Å². The number of aromatic nitrogens is 1. The van der Waals surface area contributed by atoms with Gasteiger partial charge in [-0.2, -0.15) is 4.79 Å². The van der Waals surface area contributed by atoms with Crippen LogP contribution in [0.1, 0.15) is 38.4 Å². The summed E-state index contributed by atoms with van der Waals surface area (Å²) in [7, 11) is 1.35. The molecule has 10 heteroatoms. The summed E-state index contributed by atoms with van der Waals surface area (Å²) in [5, 5.41) is 12.5. The quantitative estimate of drug-likeness (QED) is 0.194. The van der Waals surface area contributed by atoms with E-state index in [0.717, 1.165) is 6.21 Å². The first kappa shape index (κ1) is 21.9. The lowest BCUT2D eigenvalue weighted by Gasteiger charge is -2.20. The lowest BCUT2D eigenvalue weighted by Crippen LogP contribution is -2.49. The van der Waals surface area contributed by atoms with E-state index >= 15 is 0 Å². The van der Waals surface area contributed by atoms with Gasteiger partial charge in [0.1, 0.15) is 5.75 Å². The molecule has 0 radical (unpaired) electrons. The fraction of sp³-hybridized carbons (Fsp3) is 0.471. The average Bonchev–Trinajstić information content (AvgIpc) is 2.64. The summed E-state index contributed by atoms with van der Waals surface area (Å²) in [6, 6.07) is -0.223. The molecule has 0 saturated heterocycles. The van der Waals surface area contributed by atoms with Gasteiger partial charge in [-0.05, 0) is 19.9 Å². The fourth-order valence-corrected chi connectivity index (χ4v) is 2.13. The first-order valence-electron chi connectivity index (χ1n) is 8.17. The van der Waals surface area contributed by atoms with Crippen LogP contribution in [-0.2, 0) is 19.1 Å². The van der Waals surface area contributed by atoms with Crippen LogP contribution < -0.4 is 10.1 Å². The largest absolute Gasteiger partial charge is 0.495 e. The van der Waals surface area contributed by atoms with Crippen molar-refractivity contribution < 1.29 is 33.8 Å². The standard InChI is InChI=1S/C17H22N4O6/c1-10(2)27-17(25)14(12(22)5-4-7-20-18)21-16(24)15(23)11-6-8-19-9-13(11)26-3/h6-10,14-15,23H,4-5H2,1-3H3,(H,21,24)/t14-,15+/m0/s1. The summed E-state index contributed by atoms with van der Waals surface area (Å²) in [6.07, 6.45) is 1.46. The lowest BCUT2D eigenvalue weighted by atomic mass is 10.1. The Morgan fingerprint density at radius 3 is 2.70 bits per heavy atom. The van der Waals surface area contributed by atoms with E-state index in [9.17, 15) is 19.5 Å². The molecule has 0 fully saturated rings. The molecule has 146 valence electrons. The Hall–Kier alpha value is -3.10. The third kappa shape index (κ3) is 6.61. The normalized spacial score (nSPS) is 12.5. The van der Waals surface area contributed by atoms with Crippen molar-refractivity contribution in [2.45, 2.75) is 44.9 Å². The molecular formula is C17H22N4O6. The highest BCUT2D eigenvalue weighted by molar-refractivity contribution is 6.06. The van der Waals surface area contributed by atoms with Gasteiger partial charge in [0.15, 0.2) is 17.9 Å². The van der Waals surface area contributed by atoms with E-state index in [1.165, 1.54) is 25.6 Å². The number of ether oxygens (including phenoxy) is 2. The molecule has 1 heterocycles. The zero-order valence-electron chi connectivity index (χ0n) is 15.3. The zero-order chi connectivity index (χ0) is 20.4. The van der Waals surface area contributed by atoms with Gasteiger partial charge in [0, 0.05) is 24.6 Å². The van der Waals surface area contributed by atoms with E-state index < -0.39 is 35.9 Å². The summed E-state index contributed by atoms with van der Waals surface area (Å²) in [5.74, 6) is -2.40. The van der Waals surface area contributed by atoms with Gasteiger partial charge in [0.25, 0.3) is 12.1 Å². The molecule has 0 aliphatic carbocycles. The molecule has 0 bridgehead atoms. The maximum absolute atomic E-state index is 12.4. The highest BCUT2D eigenvalue weighted by Gasteiger charge is 2.33. The number of nitrogens with zero attached hydrogens (tertiary/aromatic N) is 3. The van der Waals surface area contributed by atoms with Gasteiger partial charge >= 0.3 is 5.97 Å². The van der Waals surface area contributed by atoms with Gasteiger partial charge in [-0.1, -0.05) is 0 Å². The van der Waals surface area contributed by atoms with Crippen molar-refractivity contribution in [1.29, 1.82) is 0 Å². The highest BCUT2D eigenvalue weighted by atomic mass is 16.5. The second-order valence-electron chi connectivity index (χ2n) is 5.75. The molecule has 0 aliphatic rings. The van der Waals surface area contributed by atoms with E-state index in [0.29, 0.717) is 0 Å². The topological polar surface area (TPSA) is 151 Å². The number of esters is 1. The van der Waals surface area contributed by atoms with E-state index in [1.807, 2.05) is 0 Å². The van der Waals surface area contributed by atoms with Crippen LogP contribution in [0.25, 0.3) is 5.53 Å². The lowest BCUT2D eigenvalue weighted by molar-refractivity contribution is -0.155. The predicted molar refractivity (Wildman–Crippen MR) is 92.8 cm³/mol. The Morgan fingerprint density at radius 1 is 1.41 bits per heavy atom. The van der Waals surface area contributed by atoms with Crippen molar-refractivity contribution in [3.8, 4) is 5.75 Å². The highest BCUT2D eigenvalue weighted by Crippen LogP contribution is 2.23. The second-order valence-corrected chi connectivity index (χ2v) is 5.75. The summed E-state index contributed by atoms with van der Waals surface area (Å²) in [6.45, 7) is 3.19. The maximum Gasteiger partial charge on any atom is 0.336 e. The van der Waals surface area contributed by atoms with E-state index in [1.54, 1.807) is 13.8 Å². The van der Waals surface area contributed by atoms with E-state index in [2.05, 4.69) is 15.1 Å². The smallest absolute Gasteiger partial charge is 0.336 e. The summed E-state index contributed by atoms with van der Waals surface area (Å²) >= 11 is 0. The first-order valence-corrected chi connectivity index (χ1v) is 8.17. The molecule has 0 saturated carbocycles. The third-order valence-corrected chi connectivity index (χ3v) is 3.38. The number of carbonyl (C=O) groups excluding carboxylic acids is 3. The first-order chi connectivity index (χ1) is 12.8. The molecule has 1 amide bonds. The number of aliphatic hydroxyl groups is 1. The number of amides is 1. The van der Waals surface area contributed by atoms with Crippen molar-refractivity contribution in [2.75, 3.05) is 7.11 Å². The van der Waals surface area contributed by atoms with Crippen molar-refractivity contribution in [3.05, 3.63) is 29.6 Å². The molecule has 10 nitrogen and oxygen atoms in total. The third-order valence-electron chi connectivity index (χ3n) is 3.38. The minimum atomic E-state index is -1.69. The van der Waals surface area contributed by atoms with Gasteiger partial charge in [-0.15, -0.1) is 0 Å². The molecule has 0 spiro atoms. The summed E-state index contributed by atoms with van der Waals surface area (Å²) in [4.78, 5) is 43.4. The maximum atomic E-state index is 12.4. The van der Waals surface area contributed by atoms with Crippen LogP contribution in [0, 0.1) is 0 Å². The molecule has 0 aromatic carbocycles. The number of hydrogen-bond donors (Lipinski definition) is 2. The second kappa shape index (κ2) is 10.8. The van der Waals surface area contributed by atoms with Crippen molar-refractivity contribution in [3.63, 3.8) is 0 Å². The van der Waals surface area contributed by atoms with Gasteiger partial charge in [0.05, 0.1) is 19.4 Å². The van der Waals surface area contributed by atoms with Crippen LogP contribution in [-0.4, -0.2) is 58.0 Å². The van der Waals surface area contributed by atoms with Crippen LogP contribution >= 0.6 is 0 Å². The number of rotatable bonds is 10. The van der Waals surface area contributed by atoms with Crippen molar-refractivity contribution in [2.24, 2.45) is 0 Å². The number of aliphatic hydroxyl groups excluding tert-OH is 1. The Morgan fingerprint density at radius 2 is 2.11 bits per heavy atom. The predicted octanol–water partition coefficient (Wildman–Crippen LogP) is 0.210. The molecular weight excluding hydrogens is 356 g/mol. The van der Waals surface area contributed by atoms with Crippen LogP contribution in [0.4, 0.5) is 0 Å². The number of methoxy groups -OCH3 is 1. The number of pyridine rings is 1. The van der Waals surface area contributed by atoms with Crippen molar-refractivity contribution >= 4 is 23.9 Å². The molecule has 0 aliphatic heterocycles. The molecule has 0 unspecified atom stereocenters. The Balaban J connectivity index is 2.98. The van der Waals surface area contributed by atoms with E-state index in [4.69, 9.17) is 15.0 Å². The van der Waals surface area contributed by atoms with E-state index in [-0.39, 0.29) is 24.2 Å². The fourth-order valence-electron chi connectivity index (χ4n) is 2.13. The van der Waals surface area contributed by atoms with Gasteiger partial charge in [-0.25, -0.2) is 4.79 Å². The number of ketones is 1. The Bertz CT molecular complexity index is 730. The SMILES string of the molecule is COc1cnccc1[C@@H](O)C(=O)N[C@@H](C(=O)CCC=[N+]=[N-])C(=O)OC(C)C. The Kier molecular flexibility index (Phi) is 8.77. The number of Topliss-reactive ketones (excluding diaryl/α,β-unsaturated/α-hetero) is 1. The zero-order valence-corrected chi connectivity index (χ0v) is 15.3. The van der Waals surface area contributed by atoms with Gasteiger partial charge in [-0.3, -0.25) is 14.6 Å². The molecule has 27 heavy (non-hydrogen) atoms. The van der Waals surface area contributed by atoms with Gasteiger partial charge in [0.2, 0.25) is 0 Å². The summed E-state index contributed by atoms with van der Waals surface area (Å²) in [5.41, 5.74) is 8.51. The van der Waals surface area contributed by atoms with Gasteiger partial charge < -0.3 is 25.4 Å². The van der Waals surface area contributed by atoms with Crippen LogP contribution in [0.15, 0.2) is 18.5 Å². The molecule has 2 N–H and O–H groups in total. The average molecular weight is 378 g/mol. The minimum absolute atomic E-state index is 0.0669. The van der Waals surface area contributed by atoms with Crippen LogP contribution in [0.2, 0.25) is 0 Å². The molecule has 2 atom stereocenters. The Labute approximate surface area is 156 Å².